The molecule has 2 aromatic rings. The summed E-state index contributed by atoms with van der Waals surface area (Å²) < 4.78 is 5.30. The van der Waals surface area contributed by atoms with E-state index in [0.717, 1.165) is 24.6 Å². The highest BCUT2D eigenvalue weighted by Crippen LogP contribution is 2.11. The molecule has 3 heterocycles. The van der Waals surface area contributed by atoms with Crippen LogP contribution in [0.2, 0.25) is 0 Å². The van der Waals surface area contributed by atoms with Gasteiger partial charge in [-0.2, -0.15) is 0 Å². The van der Waals surface area contributed by atoms with Crippen molar-refractivity contribution in [2.24, 2.45) is 0 Å². The molecule has 0 radical (unpaired) electrons. The third kappa shape index (κ3) is 3.56. The standard InChI is InChI=1S/C15H17N5O2/c21-15(17-11-12-3-1-2-6-16-12)13-4-5-14(19-18-13)20-7-9-22-10-8-20/h1-6H,7-11H2,(H,17,21). The normalized spacial score (nSPS) is 14.6. The van der Waals surface area contributed by atoms with E-state index in [1.54, 1.807) is 12.3 Å². The lowest BCUT2D eigenvalue weighted by Gasteiger charge is -2.27. The fourth-order valence-corrected chi connectivity index (χ4v) is 2.17. The summed E-state index contributed by atoms with van der Waals surface area (Å²) in [4.78, 5) is 18.3. The first-order valence-corrected chi connectivity index (χ1v) is 7.17. The first-order chi connectivity index (χ1) is 10.8. The SMILES string of the molecule is O=C(NCc1ccccn1)c1ccc(N2CCOCC2)nn1. The van der Waals surface area contributed by atoms with Gasteiger partial charge >= 0.3 is 0 Å². The van der Waals surface area contributed by atoms with Crippen molar-refractivity contribution < 1.29 is 9.53 Å². The number of nitrogens with one attached hydrogen (secondary N) is 1. The monoisotopic (exact) mass is 299 g/mol. The summed E-state index contributed by atoms with van der Waals surface area (Å²) in [6.07, 6.45) is 1.69. The Bertz CT molecular complexity index is 612. The van der Waals surface area contributed by atoms with Crippen LogP contribution in [0.15, 0.2) is 36.5 Å². The molecule has 2 aromatic heterocycles. The van der Waals surface area contributed by atoms with Gasteiger partial charge in [0, 0.05) is 19.3 Å². The number of aromatic nitrogens is 3. The smallest absolute Gasteiger partial charge is 0.272 e. The summed E-state index contributed by atoms with van der Waals surface area (Å²) in [7, 11) is 0. The molecule has 1 aliphatic heterocycles. The number of ether oxygens (including phenoxy) is 1. The Morgan fingerprint density at radius 2 is 2.05 bits per heavy atom. The van der Waals surface area contributed by atoms with Gasteiger partial charge in [0.15, 0.2) is 11.5 Å². The molecule has 114 valence electrons. The van der Waals surface area contributed by atoms with Crippen LogP contribution in [0.4, 0.5) is 5.82 Å². The summed E-state index contributed by atoms with van der Waals surface area (Å²) in [5.41, 5.74) is 1.10. The number of carbonyl (C=O) groups excluding carboxylic acids is 1. The molecule has 0 atom stereocenters. The highest BCUT2D eigenvalue weighted by molar-refractivity contribution is 5.92. The van der Waals surface area contributed by atoms with Crippen LogP contribution in [-0.2, 0) is 11.3 Å². The van der Waals surface area contributed by atoms with Crippen molar-refractivity contribution in [1.29, 1.82) is 0 Å². The quantitative estimate of drug-likeness (QED) is 0.892. The molecule has 0 saturated carbocycles. The number of nitrogens with zero attached hydrogens (tertiary/aromatic N) is 4. The van der Waals surface area contributed by atoms with Gasteiger partial charge in [-0.25, -0.2) is 0 Å². The van der Waals surface area contributed by atoms with E-state index in [4.69, 9.17) is 4.74 Å². The molecular weight excluding hydrogens is 282 g/mol. The number of hydrogen-bond acceptors (Lipinski definition) is 6. The molecular formula is C15H17N5O2. The highest BCUT2D eigenvalue weighted by Gasteiger charge is 2.14. The highest BCUT2D eigenvalue weighted by atomic mass is 16.5. The topological polar surface area (TPSA) is 80.2 Å². The number of hydrogen-bond donors (Lipinski definition) is 1. The van der Waals surface area contributed by atoms with Crippen LogP contribution < -0.4 is 10.2 Å². The predicted octanol–water partition coefficient (Wildman–Crippen LogP) is 0.638. The molecule has 7 heteroatoms. The summed E-state index contributed by atoms with van der Waals surface area (Å²) >= 11 is 0. The Balaban J connectivity index is 1.58. The molecule has 1 aliphatic rings. The van der Waals surface area contributed by atoms with Crippen LogP contribution >= 0.6 is 0 Å². The van der Waals surface area contributed by atoms with E-state index < -0.39 is 0 Å². The van der Waals surface area contributed by atoms with E-state index in [1.807, 2.05) is 24.3 Å². The predicted molar refractivity (Wildman–Crippen MR) is 80.5 cm³/mol. The van der Waals surface area contributed by atoms with Crippen molar-refractivity contribution >= 4 is 11.7 Å². The van der Waals surface area contributed by atoms with Crippen molar-refractivity contribution in [3.8, 4) is 0 Å². The number of anilines is 1. The van der Waals surface area contributed by atoms with Gasteiger partial charge in [0.05, 0.1) is 25.5 Å². The maximum atomic E-state index is 12.0. The van der Waals surface area contributed by atoms with Crippen molar-refractivity contribution in [2.75, 3.05) is 31.2 Å². The largest absolute Gasteiger partial charge is 0.378 e. The van der Waals surface area contributed by atoms with Gasteiger partial charge in [0.2, 0.25) is 0 Å². The molecule has 1 N–H and O–H groups in total. The minimum Gasteiger partial charge on any atom is -0.378 e. The number of pyridine rings is 1. The van der Waals surface area contributed by atoms with Crippen LogP contribution in [0.25, 0.3) is 0 Å². The molecule has 1 fully saturated rings. The Morgan fingerprint density at radius 1 is 1.18 bits per heavy atom. The van der Waals surface area contributed by atoms with Gasteiger partial charge in [-0.05, 0) is 24.3 Å². The average molecular weight is 299 g/mol. The van der Waals surface area contributed by atoms with Crippen LogP contribution in [0.1, 0.15) is 16.2 Å². The fraction of sp³-hybridized carbons (Fsp3) is 0.333. The van der Waals surface area contributed by atoms with E-state index in [1.165, 1.54) is 0 Å². The van der Waals surface area contributed by atoms with Gasteiger partial charge in [-0.15, -0.1) is 10.2 Å². The lowest BCUT2D eigenvalue weighted by Crippen LogP contribution is -2.37. The molecule has 22 heavy (non-hydrogen) atoms. The van der Waals surface area contributed by atoms with Crippen LogP contribution in [0.3, 0.4) is 0 Å². The minimum absolute atomic E-state index is 0.258. The van der Waals surface area contributed by atoms with Gasteiger partial charge in [-0.3, -0.25) is 9.78 Å². The second kappa shape index (κ2) is 6.95. The molecule has 1 saturated heterocycles. The second-order valence-corrected chi connectivity index (χ2v) is 4.88. The van der Waals surface area contributed by atoms with Crippen molar-refractivity contribution in [3.63, 3.8) is 0 Å². The first-order valence-electron chi connectivity index (χ1n) is 7.17. The zero-order valence-electron chi connectivity index (χ0n) is 12.1. The van der Waals surface area contributed by atoms with Crippen molar-refractivity contribution in [3.05, 3.63) is 47.9 Å². The molecule has 0 unspecified atom stereocenters. The van der Waals surface area contributed by atoms with E-state index in [9.17, 15) is 4.79 Å². The Labute approximate surface area is 128 Å². The third-order valence-corrected chi connectivity index (χ3v) is 3.37. The van der Waals surface area contributed by atoms with Gasteiger partial charge in [0.25, 0.3) is 5.91 Å². The number of morpholine rings is 1. The number of amides is 1. The van der Waals surface area contributed by atoms with Crippen molar-refractivity contribution in [1.82, 2.24) is 20.5 Å². The van der Waals surface area contributed by atoms with E-state index in [2.05, 4.69) is 25.4 Å². The van der Waals surface area contributed by atoms with Crippen LogP contribution in [0, 0.1) is 0 Å². The fourth-order valence-electron chi connectivity index (χ4n) is 2.17. The molecule has 3 rings (SSSR count). The summed E-state index contributed by atoms with van der Waals surface area (Å²) in [5, 5.41) is 10.9. The lowest BCUT2D eigenvalue weighted by atomic mass is 10.3. The summed E-state index contributed by atoms with van der Waals surface area (Å²) in [6.45, 7) is 3.33. The summed E-state index contributed by atoms with van der Waals surface area (Å²) in [6, 6.07) is 9.07. The van der Waals surface area contributed by atoms with Crippen molar-refractivity contribution in [2.45, 2.75) is 6.54 Å². The summed E-state index contributed by atoms with van der Waals surface area (Å²) in [5.74, 6) is 0.510. The lowest BCUT2D eigenvalue weighted by molar-refractivity contribution is 0.0944. The maximum Gasteiger partial charge on any atom is 0.272 e. The van der Waals surface area contributed by atoms with E-state index >= 15 is 0 Å². The molecule has 1 amide bonds. The Morgan fingerprint density at radius 3 is 2.73 bits per heavy atom. The number of rotatable bonds is 4. The zero-order chi connectivity index (χ0) is 15.2. The third-order valence-electron chi connectivity index (χ3n) is 3.37. The average Bonchev–Trinajstić information content (AvgIpc) is 2.61. The van der Waals surface area contributed by atoms with Crippen LogP contribution in [0.5, 0.6) is 0 Å². The first kappa shape index (κ1) is 14.4. The molecule has 0 aliphatic carbocycles. The molecule has 0 bridgehead atoms. The molecule has 0 spiro atoms. The van der Waals surface area contributed by atoms with Gasteiger partial charge in [0.1, 0.15) is 0 Å². The maximum absolute atomic E-state index is 12.0. The number of carbonyl (C=O) groups is 1. The van der Waals surface area contributed by atoms with Gasteiger partial charge in [-0.1, -0.05) is 6.07 Å². The van der Waals surface area contributed by atoms with E-state index in [-0.39, 0.29) is 5.91 Å². The Hall–Kier alpha value is -2.54. The Kier molecular flexibility index (Phi) is 4.55. The molecule has 7 nitrogen and oxygen atoms in total. The van der Waals surface area contributed by atoms with Crippen LogP contribution in [-0.4, -0.2) is 47.4 Å². The zero-order valence-corrected chi connectivity index (χ0v) is 12.1. The minimum atomic E-state index is -0.258. The van der Waals surface area contributed by atoms with Gasteiger partial charge < -0.3 is 15.0 Å². The van der Waals surface area contributed by atoms with E-state index in [0.29, 0.717) is 25.5 Å². The molecule has 0 aromatic carbocycles. The second-order valence-electron chi connectivity index (χ2n) is 4.88.